The lowest BCUT2D eigenvalue weighted by Gasteiger charge is -2.31. The van der Waals surface area contributed by atoms with Crippen LogP contribution in [0.25, 0.3) is 0 Å². The average molecular weight is 290 g/mol. The zero-order chi connectivity index (χ0) is 15.5. The SMILES string of the molecule is CCC(=O)Nc1cc(C(C)(C)C)ccc1N1CCOCC1. The number of rotatable bonds is 3. The molecule has 1 aliphatic rings. The number of ether oxygens (including phenoxy) is 1. The van der Waals surface area contributed by atoms with Gasteiger partial charge >= 0.3 is 0 Å². The number of amides is 1. The number of hydrogen-bond acceptors (Lipinski definition) is 3. The number of carbonyl (C=O) groups is 1. The van der Waals surface area contributed by atoms with Crippen molar-refractivity contribution < 1.29 is 9.53 Å². The van der Waals surface area contributed by atoms with Gasteiger partial charge in [0.15, 0.2) is 0 Å². The van der Waals surface area contributed by atoms with Gasteiger partial charge in [-0.3, -0.25) is 4.79 Å². The maximum absolute atomic E-state index is 11.8. The molecule has 0 spiro atoms. The van der Waals surface area contributed by atoms with Crippen molar-refractivity contribution in [1.82, 2.24) is 0 Å². The fraction of sp³-hybridized carbons (Fsp3) is 0.588. The van der Waals surface area contributed by atoms with Gasteiger partial charge in [0.2, 0.25) is 5.91 Å². The molecule has 0 aliphatic carbocycles. The molecule has 0 saturated carbocycles. The van der Waals surface area contributed by atoms with Gasteiger partial charge in [-0.05, 0) is 23.1 Å². The first-order valence-corrected chi connectivity index (χ1v) is 7.69. The minimum atomic E-state index is 0.0515. The Hall–Kier alpha value is -1.55. The highest BCUT2D eigenvalue weighted by atomic mass is 16.5. The van der Waals surface area contributed by atoms with Gasteiger partial charge in [0.1, 0.15) is 0 Å². The molecular weight excluding hydrogens is 264 g/mol. The van der Waals surface area contributed by atoms with E-state index >= 15 is 0 Å². The molecule has 2 rings (SSSR count). The molecule has 1 aliphatic heterocycles. The summed E-state index contributed by atoms with van der Waals surface area (Å²) in [5.41, 5.74) is 3.30. The van der Waals surface area contributed by atoms with Gasteiger partial charge in [0, 0.05) is 19.5 Å². The van der Waals surface area contributed by atoms with E-state index in [1.807, 2.05) is 6.92 Å². The van der Waals surface area contributed by atoms with Crippen molar-refractivity contribution in [3.05, 3.63) is 23.8 Å². The zero-order valence-corrected chi connectivity index (χ0v) is 13.5. The summed E-state index contributed by atoms with van der Waals surface area (Å²) in [7, 11) is 0. The van der Waals surface area contributed by atoms with Crippen molar-refractivity contribution in [2.24, 2.45) is 0 Å². The van der Waals surface area contributed by atoms with Crippen LogP contribution in [-0.4, -0.2) is 32.2 Å². The summed E-state index contributed by atoms with van der Waals surface area (Å²) >= 11 is 0. The standard InChI is InChI=1S/C17H26N2O2/c1-5-16(20)18-14-12-13(17(2,3)4)6-7-15(14)19-8-10-21-11-9-19/h6-7,12H,5,8-11H2,1-4H3,(H,18,20). The molecule has 4 heteroatoms. The molecule has 1 heterocycles. The predicted octanol–water partition coefficient (Wildman–Crippen LogP) is 3.17. The number of anilines is 2. The van der Waals surface area contributed by atoms with Crippen molar-refractivity contribution in [1.29, 1.82) is 0 Å². The number of carbonyl (C=O) groups excluding carboxylic acids is 1. The van der Waals surface area contributed by atoms with E-state index in [0.29, 0.717) is 6.42 Å². The highest BCUT2D eigenvalue weighted by molar-refractivity contribution is 5.94. The summed E-state index contributed by atoms with van der Waals surface area (Å²) in [6.07, 6.45) is 0.488. The number of benzene rings is 1. The Morgan fingerprint density at radius 1 is 1.29 bits per heavy atom. The van der Waals surface area contributed by atoms with Crippen LogP contribution in [0.2, 0.25) is 0 Å². The van der Waals surface area contributed by atoms with E-state index < -0.39 is 0 Å². The number of nitrogens with zero attached hydrogens (tertiary/aromatic N) is 1. The largest absolute Gasteiger partial charge is 0.378 e. The molecule has 1 aromatic carbocycles. The molecule has 1 aromatic rings. The third kappa shape index (κ3) is 3.97. The number of nitrogens with one attached hydrogen (secondary N) is 1. The highest BCUT2D eigenvalue weighted by Gasteiger charge is 2.20. The molecule has 0 bridgehead atoms. The fourth-order valence-corrected chi connectivity index (χ4v) is 2.42. The Kier molecular flexibility index (Phi) is 4.88. The first-order chi connectivity index (χ1) is 9.91. The van der Waals surface area contributed by atoms with E-state index in [-0.39, 0.29) is 11.3 Å². The van der Waals surface area contributed by atoms with E-state index in [4.69, 9.17) is 4.74 Å². The molecule has 1 amide bonds. The topological polar surface area (TPSA) is 41.6 Å². The van der Waals surface area contributed by atoms with Crippen molar-refractivity contribution in [3.8, 4) is 0 Å². The van der Waals surface area contributed by atoms with Crippen LogP contribution in [0.3, 0.4) is 0 Å². The third-order valence-electron chi connectivity index (χ3n) is 3.81. The summed E-state index contributed by atoms with van der Waals surface area (Å²) in [5.74, 6) is 0.0515. The molecule has 4 nitrogen and oxygen atoms in total. The van der Waals surface area contributed by atoms with Crippen LogP contribution >= 0.6 is 0 Å². The van der Waals surface area contributed by atoms with Gasteiger partial charge in [-0.1, -0.05) is 33.8 Å². The zero-order valence-electron chi connectivity index (χ0n) is 13.5. The fourth-order valence-electron chi connectivity index (χ4n) is 2.42. The van der Waals surface area contributed by atoms with E-state index in [2.05, 4.69) is 49.2 Å². The van der Waals surface area contributed by atoms with Gasteiger partial charge in [-0.25, -0.2) is 0 Å². The first-order valence-electron chi connectivity index (χ1n) is 7.69. The van der Waals surface area contributed by atoms with Crippen LogP contribution in [-0.2, 0) is 14.9 Å². The maximum Gasteiger partial charge on any atom is 0.224 e. The van der Waals surface area contributed by atoms with E-state index in [1.165, 1.54) is 5.56 Å². The van der Waals surface area contributed by atoms with Crippen LogP contribution in [0, 0.1) is 0 Å². The molecule has 0 atom stereocenters. The third-order valence-corrected chi connectivity index (χ3v) is 3.81. The summed E-state index contributed by atoms with van der Waals surface area (Å²) < 4.78 is 5.41. The molecule has 1 fully saturated rings. The van der Waals surface area contributed by atoms with E-state index in [9.17, 15) is 4.79 Å². The molecule has 21 heavy (non-hydrogen) atoms. The lowest BCUT2D eigenvalue weighted by Crippen LogP contribution is -2.36. The van der Waals surface area contributed by atoms with Crippen molar-refractivity contribution in [2.45, 2.75) is 39.5 Å². The van der Waals surface area contributed by atoms with Gasteiger partial charge in [0.05, 0.1) is 24.6 Å². The summed E-state index contributed by atoms with van der Waals surface area (Å²) in [5, 5.41) is 3.05. The molecule has 0 aromatic heterocycles. The minimum Gasteiger partial charge on any atom is -0.378 e. The summed E-state index contributed by atoms with van der Waals surface area (Å²) in [4.78, 5) is 14.1. The second-order valence-corrected chi connectivity index (χ2v) is 6.48. The molecule has 1 saturated heterocycles. The maximum atomic E-state index is 11.8. The Bertz CT molecular complexity index is 500. The number of morpholine rings is 1. The second kappa shape index (κ2) is 6.48. The van der Waals surface area contributed by atoms with Gasteiger partial charge < -0.3 is 15.0 Å². The smallest absolute Gasteiger partial charge is 0.224 e. The Morgan fingerprint density at radius 2 is 1.95 bits per heavy atom. The van der Waals surface area contributed by atoms with Crippen LogP contribution in [0.1, 0.15) is 39.7 Å². The lowest BCUT2D eigenvalue weighted by molar-refractivity contribution is -0.115. The van der Waals surface area contributed by atoms with Crippen LogP contribution in [0.5, 0.6) is 0 Å². The van der Waals surface area contributed by atoms with Crippen LogP contribution in [0.4, 0.5) is 11.4 Å². The van der Waals surface area contributed by atoms with Gasteiger partial charge in [0.25, 0.3) is 0 Å². The Balaban J connectivity index is 2.35. The van der Waals surface area contributed by atoms with Gasteiger partial charge in [-0.2, -0.15) is 0 Å². The average Bonchev–Trinajstić information content (AvgIpc) is 2.47. The second-order valence-electron chi connectivity index (χ2n) is 6.48. The van der Waals surface area contributed by atoms with Crippen molar-refractivity contribution >= 4 is 17.3 Å². The summed E-state index contributed by atoms with van der Waals surface area (Å²) in [6, 6.07) is 6.39. The van der Waals surface area contributed by atoms with Crippen LogP contribution in [0.15, 0.2) is 18.2 Å². The predicted molar refractivity (Wildman–Crippen MR) is 87.1 cm³/mol. The Labute approximate surface area is 127 Å². The monoisotopic (exact) mass is 290 g/mol. The van der Waals surface area contributed by atoms with Crippen molar-refractivity contribution in [3.63, 3.8) is 0 Å². The van der Waals surface area contributed by atoms with E-state index in [1.54, 1.807) is 0 Å². The highest BCUT2D eigenvalue weighted by Crippen LogP contribution is 2.32. The number of hydrogen-bond donors (Lipinski definition) is 1. The van der Waals surface area contributed by atoms with Crippen LogP contribution < -0.4 is 10.2 Å². The normalized spacial score (nSPS) is 15.9. The Morgan fingerprint density at radius 3 is 2.52 bits per heavy atom. The quantitative estimate of drug-likeness (QED) is 0.929. The molecular formula is C17H26N2O2. The van der Waals surface area contributed by atoms with Gasteiger partial charge in [-0.15, -0.1) is 0 Å². The first kappa shape index (κ1) is 15.8. The molecule has 0 radical (unpaired) electrons. The molecule has 0 unspecified atom stereocenters. The van der Waals surface area contributed by atoms with Crippen molar-refractivity contribution in [2.75, 3.05) is 36.5 Å². The minimum absolute atomic E-state index is 0.0515. The molecule has 1 N–H and O–H groups in total. The molecule has 116 valence electrons. The lowest BCUT2D eigenvalue weighted by atomic mass is 9.86. The van der Waals surface area contributed by atoms with E-state index in [0.717, 1.165) is 37.7 Å². The summed E-state index contributed by atoms with van der Waals surface area (Å²) in [6.45, 7) is 11.6.